The van der Waals surface area contributed by atoms with Crippen molar-refractivity contribution in [2.75, 3.05) is 0 Å². The SMILES string of the molecule is O=C(CC1CC2CCC1C2)c1cccc2ccsc12. The van der Waals surface area contributed by atoms with E-state index in [1.807, 2.05) is 12.1 Å². The van der Waals surface area contributed by atoms with Crippen LogP contribution in [-0.2, 0) is 0 Å². The second kappa shape index (κ2) is 4.45. The summed E-state index contributed by atoms with van der Waals surface area (Å²) in [6.45, 7) is 0. The van der Waals surface area contributed by atoms with Gasteiger partial charge in [-0.25, -0.2) is 0 Å². The van der Waals surface area contributed by atoms with Crippen molar-refractivity contribution in [3.63, 3.8) is 0 Å². The van der Waals surface area contributed by atoms with Crippen molar-refractivity contribution in [2.45, 2.75) is 32.1 Å². The lowest BCUT2D eigenvalue weighted by atomic mass is 9.84. The van der Waals surface area contributed by atoms with Crippen molar-refractivity contribution in [1.29, 1.82) is 0 Å². The first kappa shape index (κ1) is 11.7. The normalized spacial score (nSPS) is 29.2. The Bertz CT molecular complexity index is 627. The van der Waals surface area contributed by atoms with Crippen LogP contribution in [0, 0.1) is 17.8 Å². The minimum Gasteiger partial charge on any atom is -0.294 e. The summed E-state index contributed by atoms with van der Waals surface area (Å²) in [5, 5.41) is 3.29. The van der Waals surface area contributed by atoms with E-state index in [1.54, 1.807) is 11.3 Å². The standard InChI is InChI=1S/C17H18OS/c18-16(10-14-9-11-4-5-13(14)8-11)15-3-1-2-12-6-7-19-17(12)15/h1-3,6-7,11,13-14H,4-5,8-10H2. The van der Waals surface area contributed by atoms with Gasteiger partial charge in [-0.15, -0.1) is 11.3 Å². The Balaban J connectivity index is 1.59. The molecule has 0 spiro atoms. The summed E-state index contributed by atoms with van der Waals surface area (Å²) in [6, 6.07) is 8.23. The van der Waals surface area contributed by atoms with Crippen molar-refractivity contribution in [1.82, 2.24) is 0 Å². The molecule has 19 heavy (non-hydrogen) atoms. The van der Waals surface area contributed by atoms with Crippen molar-refractivity contribution in [3.05, 3.63) is 35.2 Å². The monoisotopic (exact) mass is 270 g/mol. The number of Topliss-reactive ketones (excluding diaryl/α,β-unsaturated/α-hetero) is 1. The van der Waals surface area contributed by atoms with Crippen molar-refractivity contribution in [3.8, 4) is 0 Å². The molecule has 1 aromatic heterocycles. The Hall–Kier alpha value is -1.15. The topological polar surface area (TPSA) is 17.1 Å². The fraction of sp³-hybridized carbons (Fsp3) is 0.471. The van der Waals surface area contributed by atoms with E-state index in [9.17, 15) is 4.79 Å². The molecule has 0 saturated heterocycles. The quantitative estimate of drug-likeness (QED) is 0.724. The lowest BCUT2D eigenvalue weighted by Gasteiger charge is -2.20. The molecule has 0 N–H and O–H groups in total. The number of benzene rings is 1. The van der Waals surface area contributed by atoms with Crippen LogP contribution in [0.5, 0.6) is 0 Å². The molecule has 98 valence electrons. The Morgan fingerprint density at radius 3 is 2.95 bits per heavy atom. The summed E-state index contributed by atoms with van der Waals surface area (Å²) < 4.78 is 1.18. The van der Waals surface area contributed by atoms with Gasteiger partial charge < -0.3 is 0 Å². The van der Waals surface area contributed by atoms with Gasteiger partial charge >= 0.3 is 0 Å². The van der Waals surface area contributed by atoms with E-state index in [2.05, 4.69) is 17.5 Å². The predicted molar refractivity (Wildman–Crippen MR) is 79.7 cm³/mol. The lowest BCUT2D eigenvalue weighted by molar-refractivity contribution is 0.0946. The zero-order valence-corrected chi connectivity index (χ0v) is 11.8. The molecule has 2 fully saturated rings. The highest BCUT2D eigenvalue weighted by atomic mass is 32.1. The van der Waals surface area contributed by atoms with E-state index in [-0.39, 0.29) is 0 Å². The van der Waals surface area contributed by atoms with Crippen LogP contribution in [0.2, 0.25) is 0 Å². The number of ketones is 1. The molecular weight excluding hydrogens is 252 g/mol. The first-order valence-corrected chi connectivity index (χ1v) is 8.18. The molecule has 3 unspecified atom stereocenters. The van der Waals surface area contributed by atoms with Gasteiger partial charge in [-0.05, 0) is 59.9 Å². The zero-order valence-electron chi connectivity index (χ0n) is 11.0. The molecule has 3 atom stereocenters. The number of hydrogen-bond donors (Lipinski definition) is 0. The van der Waals surface area contributed by atoms with Crippen LogP contribution in [0.4, 0.5) is 0 Å². The zero-order chi connectivity index (χ0) is 12.8. The number of carbonyl (C=O) groups excluding carboxylic acids is 1. The first-order chi connectivity index (χ1) is 9.31. The lowest BCUT2D eigenvalue weighted by Crippen LogP contribution is -2.15. The molecule has 2 aromatic rings. The van der Waals surface area contributed by atoms with Crippen LogP contribution < -0.4 is 0 Å². The van der Waals surface area contributed by atoms with E-state index < -0.39 is 0 Å². The van der Waals surface area contributed by atoms with Crippen molar-refractivity contribution in [2.24, 2.45) is 17.8 Å². The van der Waals surface area contributed by atoms with Gasteiger partial charge in [-0.1, -0.05) is 18.6 Å². The number of carbonyl (C=O) groups is 1. The van der Waals surface area contributed by atoms with E-state index in [0.29, 0.717) is 11.7 Å². The minimum atomic E-state index is 0.366. The number of thiophene rings is 1. The predicted octanol–water partition coefficient (Wildman–Crippen LogP) is 4.91. The third-order valence-electron chi connectivity index (χ3n) is 5.11. The molecule has 4 rings (SSSR count). The molecule has 2 bridgehead atoms. The Morgan fingerprint density at radius 1 is 1.21 bits per heavy atom. The molecule has 2 aliphatic rings. The summed E-state index contributed by atoms with van der Waals surface area (Å²) in [5.74, 6) is 2.81. The van der Waals surface area contributed by atoms with E-state index in [4.69, 9.17) is 0 Å². The number of hydrogen-bond acceptors (Lipinski definition) is 2. The van der Waals surface area contributed by atoms with Gasteiger partial charge in [0.1, 0.15) is 0 Å². The Kier molecular flexibility index (Phi) is 2.73. The van der Waals surface area contributed by atoms with Gasteiger partial charge in [-0.3, -0.25) is 4.79 Å². The van der Waals surface area contributed by atoms with Crippen LogP contribution in [-0.4, -0.2) is 5.78 Å². The second-order valence-electron chi connectivity index (χ2n) is 6.21. The summed E-state index contributed by atoms with van der Waals surface area (Å²) in [6.07, 6.45) is 6.25. The summed E-state index contributed by atoms with van der Waals surface area (Å²) in [7, 11) is 0. The highest BCUT2D eigenvalue weighted by Crippen LogP contribution is 2.49. The van der Waals surface area contributed by atoms with Crippen LogP contribution in [0.3, 0.4) is 0 Å². The Morgan fingerprint density at radius 2 is 2.16 bits per heavy atom. The molecule has 1 nitrogen and oxygen atoms in total. The van der Waals surface area contributed by atoms with Gasteiger partial charge in [0.05, 0.1) is 0 Å². The minimum absolute atomic E-state index is 0.366. The highest BCUT2D eigenvalue weighted by Gasteiger charge is 2.40. The molecule has 1 aromatic carbocycles. The maximum atomic E-state index is 12.6. The van der Waals surface area contributed by atoms with Crippen LogP contribution >= 0.6 is 11.3 Å². The smallest absolute Gasteiger partial charge is 0.164 e. The second-order valence-corrected chi connectivity index (χ2v) is 7.12. The third kappa shape index (κ3) is 1.93. The van der Waals surface area contributed by atoms with Gasteiger partial charge in [-0.2, -0.15) is 0 Å². The first-order valence-electron chi connectivity index (χ1n) is 7.30. The molecule has 0 radical (unpaired) electrons. The summed E-state index contributed by atoms with van der Waals surface area (Å²) in [5.41, 5.74) is 0.954. The average Bonchev–Trinajstić information content (AvgIpc) is 3.13. The number of fused-ring (bicyclic) bond motifs is 3. The average molecular weight is 270 g/mol. The molecular formula is C17H18OS. The largest absolute Gasteiger partial charge is 0.294 e. The molecule has 2 saturated carbocycles. The molecule has 1 heterocycles. The van der Waals surface area contributed by atoms with Crippen LogP contribution in [0.15, 0.2) is 29.6 Å². The van der Waals surface area contributed by atoms with Crippen LogP contribution in [0.1, 0.15) is 42.5 Å². The fourth-order valence-corrected chi connectivity index (χ4v) is 5.12. The Labute approximate surface area is 117 Å². The van der Waals surface area contributed by atoms with Gasteiger partial charge in [0, 0.05) is 16.7 Å². The van der Waals surface area contributed by atoms with E-state index in [0.717, 1.165) is 23.8 Å². The summed E-state index contributed by atoms with van der Waals surface area (Å²) >= 11 is 1.69. The third-order valence-corrected chi connectivity index (χ3v) is 6.07. The van der Waals surface area contributed by atoms with Gasteiger partial charge in [0.25, 0.3) is 0 Å². The van der Waals surface area contributed by atoms with E-state index in [1.165, 1.54) is 35.8 Å². The van der Waals surface area contributed by atoms with E-state index >= 15 is 0 Å². The number of rotatable bonds is 3. The molecule has 2 heteroatoms. The maximum absolute atomic E-state index is 12.6. The molecule has 2 aliphatic carbocycles. The summed E-state index contributed by atoms with van der Waals surface area (Å²) in [4.78, 5) is 12.6. The van der Waals surface area contributed by atoms with Gasteiger partial charge in [0.2, 0.25) is 0 Å². The molecule has 0 aliphatic heterocycles. The van der Waals surface area contributed by atoms with Crippen molar-refractivity contribution >= 4 is 27.2 Å². The highest BCUT2D eigenvalue weighted by molar-refractivity contribution is 7.17. The maximum Gasteiger partial charge on any atom is 0.164 e. The fourth-order valence-electron chi connectivity index (χ4n) is 4.19. The van der Waals surface area contributed by atoms with Gasteiger partial charge in [0.15, 0.2) is 5.78 Å². The van der Waals surface area contributed by atoms with Crippen LogP contribution in [0.25, 0.3) is 10.1 Å². The molecule has 0 amide bonds. The van der Waals surface area contributed by atoms with Crippen molar-refractivity contribution < 1.29 is 4.79 Å².